The fraction of sp³-hybridized carbons (Fsp3) is 1.00. The number of nitrogens with zero attached hydrogens (tertiary/aromatic N) is 1. The molecule has 2 rings (SSSR count). The van der Waals surface area contributed by atoms with Gasteiger partial charge in [-0.2, -0.15) is 0 Å². The average Bonchev–Trinajstić information content (AvgIpc) is 3.13. The van der Waals surface area contributed by atoms with Crippen molar-refractivity contribution in [3.63, 3.8) is 0 Å². The van der Waals surface area contributed by atoms with E-state index < -0.39 is 10.0 Å². The Balaban J connectivity index is 1.91. The standard InChI is InChI=1S/C13H26N2O2S/c1-2-9-15(10-12-6-7-12)18(16,17)11-13-5-3-4-8-14-13/h12-14H,2-11H2,1H3. The largest absolute Gasteiger partial charge is 0.313 e. The van der Waals surface area contributed by atoms with E-state index in [1.54, 1.807) is 4.31 Å². The Morgan fingerprint density at radius 1 is 1.22 bits per heavy atom. The third-order valence-corrected chi connectivity index (χ3v) is 5.79. The lowest BCUT2D eigenvalue weighted by atomic mass is 10.1. The van der Waals surface area contributed by atoms with Gasteiger partial charge in [0.25, 0.3) is 0 Å². The molecule has 0 bridgehead atoms. The summed E-state index contributed by atoms with van der Waals surface area (Å²) in [6.45, 7) is 4.46. The maximum Gasteiger partial charge on any atom is 0.215 e. The van der Waals surface area contributed by atoms with Gasteiger partial charge in [0, 0.05) is 19.1 Å². The molecule has 0 aromatic carbocycles. The molecule has 0 amide bonds. The first kappa shape index (κ1) is 14.3. The highest BCUT2D eigenvalue weighted by atomic mass is 32.2. The smallest absolute Gasteiger partial charge is 0.215 e. The quantitative estimate of drug-likeness (QED) is 0.767. The monoisotopic (exact) mass is 274 g/mol. The minimum Gasteiger partial charge on any atom is -0.313 e. The van der Waals surface area contributed by atoms with E-state index in [4.69, 9.17) is 0 Å². The lowest BCUT2D eigenvalue weighted by Crippen LogP contribution is -2.44. The highest BCUT2D eigenvalue weighted by Gasteiger charge is 2.31. The van der Waals surface area contributed by atoms with Crippen LogP contribution >= 0.6 is 0 Å². The van der Waals surface area contributed by atoms with Crippen LogP contribution in [-0.4, -0.2) is 44.2 Å². The molecule has 1 unspecified atom stereocenters. The lowest BCUT2D eigenvalue weighted by Gasteiger charge is -2.27. The second-order valence-electron chi connectivity index (χ2n) is 5.73. The molecule has 1 aliphatic heterocycles. The predicted molar refractivity (Wildman–Crippen MR) is 74.0 cm³/mol. The fourth-order valence-corrected chi connectivity index (χ4v) is 4.51. The topological polar surface area (TPSA) is 49.4 Å². The van der Waals surface area contributed by atoms with Gasteiger partial charge in [0.15, 0.2) is 0 Å². The van der Waals surface area contributed by atoms with Gasteiger partial charge in [-0.05, 0) is 44.6 Å². The molecule has 1 atom stereocenters. The molecule has 1 heterocycles. The van der Waals surface area contributed by atoms with Crippen molar-refractivity contribution in [1.82, 2.24) is 9.62 Å². The third-order valence-electron chi connectivity index (χ3n) is 3.85. The normalized spacial score (nSPS) is 25.6. The van der Waals surface area contributed by atoms with Crippen molar-refractivity contribution in [2.45, 2.75) is 51.5 Å². The molecule has 2 aliphatic rings. The van der Waals surface area contributed by atoms with E-state index in [1.807, 2.05) is 6.92 Å². The molecule has 1 saturated heterocycles. The molecule has 0 aromatic heterocycles. The zero-order chi connectivity index (χ0) is 13.0. The van der Waals surface area contributed by atoms with Crippen molar-refractivity contribution in [2.75, 3.05) is 25.4 Å². The van der Waals surface area contributed by atoms with E-state index in [2.05, 4.69) is 5.32 Å². The van der Waals surface area contributed by atoms with Crippen molar-refractivity contribution in [1.29, 1.82) is 0 Å². The molecule has 1 saturated carbocycles. The van der Waals surface area contributed by atoms with Crippen LogP contribution < -0.4 is 5.32 Å². The van der Waals surface area contributed by atoms with Gasteiger partial charge in [0.2, 0.25) is 10.0 Å². The van der Waals surface area contributed by atoms with Crippen LogP contribution in [0.2, 0.25) is 0 Å². The second-order valence-corrected chi connectivity index (χ2v) is 7.74. The van der Waals surface area contributed by atoms with Gasteiger partial charge in [-0.3, -0.25) is 0 Å². The molecular formula is C13H26N2O2S. The molecule has 4 nitrogen and oxygen atoms in total. The van der Waals surface area contributed by atoms with Crippen LogP contribution in [0.3, 0.4) is 0 Å². The average molecular weight is 274 g/mol. The summed E-state index contributed by atoms with van der Waals surface area (Å²) in [5.74, 6) is 0.922. The molecule has 0 aromatic rings. The molecule has 106 valence electrons. The van der Waals surface area contributed by atoms with Gasteiger partial charge < -0.3 is 5.32 Å². The van der Waals surface area contributed by atoms with Gasteiger partial charge in [0.1, 0.15) is 0 Å². The summed E-state index contributed by atoms with van der Waals surface area (Å²) in [7, 11) is -3.07. The Morgan fingerprint density at radius 3 is 2.56 bits per heavy atom. The summed E-state index contributed by atoms with van der Waals surface area (Å²) in [4.78, 5) is 0. The first-order chi connectivity index (χ1) is 8.62. The van der Waals surface area contributed by atoms with E-state index in [0.717, 1.165) is 32.4 Å². The molecule has 0 spiro atoms. The van der Waals surface area contributed by atoms with Crippen LogP contribution in [0.25, 0.3) is 0 Å². The molecule has 1 N–H and O–H groups in total. The van der Waals surface area contributed by atoms with Crippen LogP contribution in [-0.2, 0) is 10.0 Å². The van der Waals surface area contributed by atoms with Crippen LogP contribution in [0.15, 0.2) is 0 Å². The highest BCUT2D eigenvalue weighted by Crippen LogP contribution is 2.30. The van der Waals surface area contributed by atoms with Crippen LogP contribution in [0.1, 0.15) is 45.4 Å². The highest BCUT2D eigenvalue weighted by molar-refractivity contribution is 7.89. The van der Waals surface area contributed by atoms with Crippen molar-refractivity contribution >= 4 is 10.0 Å². The minimum absolute atomic E-state index is 0.169. The van der Waals surface area contributed by atoms with E-state index in [9.17, 15) is 8.42 Å². The molecule has 5 heteroatoms. The second kappa shape index (κ2) is 6.35. The Hall–Kier alpha value is -0.130. The number of piperidine rings is 1. The Labute approximate surface area is 111 Å². The summed E-state index contributed by atoms with van der Waals surface area (Å²) >= 11 is 0. The summed E-state index contributed by atoms with van der Waals surface area (Å²) < 4.78 is 26.6. The maximum atomic E-state index is 12.4. The van der Waals surface area contributed by atoms with Gasteiger partial charge in [-0.25, -0.2) is 12.7 Å². The van der Waals surface area contributed by atoms with Gasteiger partial charge in [0.05, 0.1) is 5.75 Å². The van der Waals surface area contributed by atoms with Crippen molar-refractivity contribution < 1.29 is 8.42 Å². The molecule has 2 fully saturated rings. The first-order valence-electron chi connectivity index (χ1n) is 7.33. The zero-order valence-electron chi connectivity index (χ0n) is 11.4. The van der Waals surface area contributed by atoms with E-state index in [1.165, 1.54) is 19.3 Å². The molecular weight excluding hydrogens is 248 g/mol. The maximum absolute atomic E-state index is 12.4. The van der Waals surface area contributed by atoms with Crippen molar-refractivity contribution in [3.8, 4) is 0 Å². The Bertz CT molecular complexity index is 346. The molecule has 18 heavy (non-hydrogen) atoms. The van der Waals surface area contributed by atoms with Gasteiger partial charge >= 0.3 is 0 Å². The number of sulfonamides is 1. The molecule has 0 radical (unpaired) electrons. The third kappa shape index (κ3) is 4.21. The Morgan fingerprint density at radius 2 is 2.00 bits per heavy atom. The van der Waals surface area contributed by atoms with Crippen LogP contribution in [0.5, 0.6) is 0 Å². The van der Waals surface area contributed by atoms with Crippen LogP contribution in [0, 0.1) is 5.92 Å². The lowest BCUT2D eigenvalue weighted by molar-refractivity contribution is 0.378. The number of hydrogen-bond donors (Lipinski definition) is 1. The predicted octanol–water partition coefficient (Wildman–Crippen LogP) is 1.58. The van der Waals surface area contributed by atoms with E-state index >= 15 is 0 Å². The SMILES string of the molecule is CCCN(CC1CC1)S(=O)(=O)CC1CCCCN1. The summed E-state index contributed by atoms with van der Waals surface area (Å²) in [5.41, 5.74) is 0. The van der Waals surface area contributed by atoms with E-state index in [-0.39, 0.29) is 6.04 Å². The Kier molecular flexibility index (Phi) is 5.04. The van der Waals surface area contributed by atoms with Gasteiger partial charge in [-0.1, -0.05) is 13.3 Å². The van der Waals surface area contributed by atoms with Gasteiger partial charge in [-0.15, -0.1) is 0 Å². The van der Waals surface area contributed by atoms with Crippen molar-refractivity contribution in [3.05, 3.63) is 0 Å². The molecule has 1 aliphatic carbocycles. The van der Waals surface area contributed by atoms with Crippen LogP contribution in [0.4, 0.5) is 0 Å². The summed E-state index contributed by atoms with van der Waals surface area (Å²) in [5, 5.41) is 3.34. The number of hydrogen-bond acceptors (Lipinski definition) is 3. The number of nitrogens with one attached hydrogen (secondary N) is 1. The van der Waals surface area contributed by atoms with Crippen molar-refractivity contribution in [2.24, 2.45) is 5.92 Å². The first-order valence-corrected chi connectivity index (χ1v) is 8.94. The number of rotatable bonds is 7. The van der Waals surface area contributed by atoms with E-state index in [0.29, 0.717) is 18.2 Å². The summed E-state index contributed by atoms with van der Waals surface area (Å²) in [6.07, 6.45) is 6.66. The fourth-order valence-electron chi connectivity index (χ4n) is 2.61. The summed E-state index contributed by atoms with van der Waals surface area (Å²) in [6, 6.07) is 0.169. The minimum atomic E-state index is -3.07. The zero-order valence-corrected chi connectivity index (χ0v) is 12.2.